The third-order valence-electron chi connectivity index (χ3n) is 2.77. The average molecular weight is 253 g/mol. The van der Waals surface area contributed by atoms with Crippen molar-refractivity contribution >= 4 is 5.91 Å². The lowest BCUT2D eigenvalue weighted by molar-refractivity contribution is -0.121. The molecule has 0 aliphatic rings. The van der Waals surface area contributed by atoms with Gasteiger partial charge in [-0.25, -0.2) is 0 Å². The smallest absolute Gasteiger partial charge is 0.220 e. The van der Waals surface area contributed by atoms with Crippen molar-refractivity contribution in [1.82, 2.24) is 0 Å². The first kappa shape index (κ1) is 16.8. The molecular formula is C15H27NO2. The van der Waals surface area contributed by atoms with E-state index in [2.05, 4.69) is 13.0 Å². The van der Waals surface area contributed by atoms with Gasteiger partial charge in [0.1, 0.15) is 5.76 Å². The van der Waals surface area contributed by atoms with Gasteiger partial charge in [-0.2, -0.15) is 0 Å². The number of rotatable bonds is 10. The third-order valence-corrected chi connectivity index (χ3v) is 2.77. The molecule has 3 nitrogen and oxygen atoms in total. The second-order valence-electron chi connectivity index (χ2n) is 4.54. The molecule has 0 saturated carbocycles. The maximum absolute atomic E-state index is 10.9. The lowest BCUT2D eigenvalue weighted by atomic mass is 10.0. The van der Waals surface area contributed by atoms with Crippen LogP contribution in [-0.4, -0.2) is 12.5 Å². The van der Waals surface area contributed by atoms with Crippen LogP contribution in [0.1, 0.15) is 52.9 Å². The summed E-state index contributed by atoms with van der Waals surface area (Å²) < 4.78 is 5.66. The number of ether oxygens (including phenoxy) is 1. The van der Waals surface area contributed by atoms with Crippen molar-refractivity contribution in [2.45, 2.75) is 52.9 Å². The molecule has 0 aliphatic heterocycles. The zero-order chi connectivity index (χ0) is 13.8. The molecule has 0 fully saturated rings. The van der Waals surface area contributed by atoms with E-state index in [1.165, 1.54) is 0 Å². The van der Waals surface area contributed by atoms with Crippen LogP contribution in [0.3, 0.4) is 0 Å². The number of unbranched alkanes of at least 4 members (excludes halogenated alkanes) is 2. The minimum Gasteiger partial charge on any atom is -0.494 e. The topological polar surface area (TPSA) is 52.3 Å². The molecule has 0 heterocycles. The summed E-state index contributed by atoms with van der Waals surface area (Å²) in [6.07, 6.45) is 11.0. The van der Waals surface area contributed by atoms with Gasteiger partial charge in [-0.05, 0) is 44.8 Å². The fraction of sp³-hybridized carbons (Fsp3) is 0.667. The number of nitrogens with two attached hydrogens (primary N) is 1. The van der Waals surface area contributed by atoms with Crippen LogP contribution in [0.15, 0.2) is 24.0 Å². The SMILES string of the molecule is C/C=C\C(=C/CCCC(C)C(N)=O)OCCCC. The molecule has 0 spiro atoms. The normalized spacial score (nSPS) is 13.8. The second-order valence-corrected chi connectivity index (χ2v) is 4.54. The van der Waals surface area contributed by atoms with Crippen LogP contribution in [-0.2, 0) is 9.53 Å². The van der Waals surface area contributed by atoms with E-state index in [0.717, 1.165) is 44.5 Å². The zero-order valence-electron chi connectivity index (χ0n) is 11.9. The Labute approximate surface area is 111 Å². The summed E-state index contributed by atoms with van der Waals surface area (Å²) in [7, 11) is 0. The van der Waals surface area contributed by atoms with E-state index in [4.69, 9.17) is 10.5 Å². The van der Waals surface area contributed by atoms with Crippen molar-refractivity contribution in [3.05, 3.63) is 24.0 Å². The molecule has 104 valence electrons. The summed E-state index contributed by atoms with van der Waals surface area (Å²) >= 11 is 0. The number of amides is 1. The average Bonchev–Trinajstić information content (AvgIpc) is 2.34. The fourth-order valence-electron chi connectivity index (χ4n) is 1.48. The molecule has 0 rings (SSSR count). The molecule has 0 saturated heterocycles. The van der Waals surface area contributed by atoms with Gasteiger partial charge < -0.3 is 10.5 Å². The Morgan fingerprint density at radius 2 is 2.11 bits per heavy atom. The van der Waals surface area contributed by atoms with E-state index < -0.39 is 0 Å². The molecule has 0 aliphatic carbocycles. The predicted molar refractivity (Wildman–Crippen MR) is 76.0 cm³/mol. The number of hydrogen-bond donors (Lipinski definition) is 1. The van der Waals surface area contributed by atoms with Gasteiger partial charge in [-0.3, -0.25) is 4.79 Å². The number of primary amides is 1. The Kier molecular flexibility index (Phi) is 10.1. The van der Waals surface area contributed by atoms with Crippen LogP contribution >= 0.6 is 0 Å². The Hall–Kier alpha value is -1.25. The molecule has 2 N–H and O–H groups in total. The van der Waals surface area contributed by atoms with E-state index in [1.54, 1.807) is 0 Å². The van der Waals surface area contributed by atoms with Gasteiger partial charge in [0, 0.05) is 5.92 Å². The van der Waals surface area contributed by atoms with Gasteiger partial charge in [0.25, 0.3) is 0 Å². The van der Waals surface area contributed by atoms with Gasteiger partial charge >= 0.3 is 0 Å². The highest BCUT2D eigenvalue weighted by molar-refractivity contribution is 5.76. The predicted octanol–water partition coefficient (Wildman–Crippen LogP) is 3.55. The first-order valence-electron chi connectivity index (χ1n) is 6.86. The molecule has 1 unspecified atom stereocenters. The lowest BCUT2D eigenvalue weighted by Gasteiger charge is -2.07. The Balaban J connectivity index is 3.96. The molecule has 0 aromatic carbocycles. The van der Waals surface area contributed by atoms with E-state index >= 15 is 0 Å². The monoisotopic (exact) mass is 253 g/mol. The third kappa shape index (κ3) is 8.85. The van der Waals surface area contributed by atoms with Crippen LogP contribution in [0.4, 0.5) is 0 Å². The largest absolute Gasteiger partial charge is 0.494 e. The maximum Gasteiger partial charge on any atom is 0.220 e. The first-order chi connectivity index (χ1) is 8.61. The summed E-state index contributed by atoms with van der Waals surface area (Å²) in [5.74, 6) is 0.675. The van der Waals surface area contributed by atoms with Crippen molar-refractivity contribution in [3.63, 3.8) is 0 Å². The van der Waals surface area contributed by atoms with Gasteiger partial charge in [0.15, 0.2) is 0 Å². The molecule has 3 heteroatoms. The van der Waals surface area contributed by atoms with Crippen molar-refractivity contribution in [1.29, 1.82) is 0 Å². The van der Waals surface area contributed by atoms with Crippen LogP contribution in [0.2, 0.25) is 0 Å². The molecule has 18 heavy (non-hydrogen) atoms. The minimum atomic E-state index is -0.216. The highest BCUT2D eigenvalue weighted by Gasteiger charge is 2.06. The number of carbonyl (C=O) groups excluding carboxylic acids is 1. The van der Waals surface area contributed by atoms with Gasteiger partial charge in [-0.15, -0.1) is 0 Å². The Bertz CT molecular complexity index is 282. The maximum atomic E-state index is 10.9. The molecule has 0 bridgehead atoms. The molecule has 1 atom stereocenters. The number of allylic oxidation sites excluding steroid dienone is 3. The number of hydrogen-bond acceptors (Lipinski definition) is 2. The fourth-order valence-corrected chi connectivity index (χ4v) is 1.48. The van der Waals surface area contributed by atoms with Crippen LogP contribution in [0.5, 0.6) is 0 Å². The Morgan fingerprint density at radius 3 is 2.67 bits per heavy atom. The standard InChI is InChI=1S/C15H27NO2/c1-4-6-12-18-14(9-5-2)11-8-7-10-13(3)15(16)17/h5,9,11,13H,4,6-8,10,12H2,1-3H3,(H2,16,17)/b9-5-,14-11+. The van der Waals surface area contributed by atoms with Crippen molar-refractivity contribution in [3.8, 4) is 0 Å². The van der Waals surface area contributed by atoms with Crippen LogP contribution in [0, 0.1) is 5.92 Å². The highest BCUT2D eigenvalue weighted by Crippen LogP contribution is 2.10. The molecule has 0 radical (unpaired) electrons. The highest BCUT2D eigenvalue weighted by atomic mass is 16.5. The summed E-state index contributed by atoms with van der Waals surface area (Å²) in [6, 6.07) is 0. The van der Waals surface area contributed by atoms with E-state index in [1.807, 2.05) is 26.0 Å². The summed E-state index contributed by atoms with van der Waals surface area (Å²) in [5, 5.41) is 0. The minimum absolute atomic E-state index is 0.0374. The van der Waals surface area contributed by atoms with Crippen molar-refractivity contribution in [2.75, 3.05) is 6.61 Å². The van der Waals surface area contributed by atoms with Gasteiger partial charge in [-0.1, -0.05) is 26.3 Å². The molecule has 1 amide bonds. The molecular weight excluding hydrogens is 226 g/mol. The second kappa shape index (κ2) is 10.9. The summed E-state index contributed by atoms with van der Waals surface area (Å²) in [6.45, 7) is 6.76. The molecule has 0 aromatic rings. The molecule has 0 aromatic heterocycles. The number of carbonyl (C=O) groups is 1. The van der Waals surface area contributed by atoms with Gasteiger partial charge in [0.05, 0.1) is 6.61 Å². The summed E-state index contributed by atoms with van der Waals surface area (Å²) in [4.78, 5) is 10.9. The van der Waals surface area contributed by atoms with Crippen molar-refractivity contribution < 1.29 is 9.53 Å². The van der Waals surface area contributed by atoms with E-state index in [0.29, 0.717) is 0 Å². The van der Waals surface area contributed by atoms with Crippen LogP contribution < -0.4 is 5.73 Å². The zero-order valence-corrected chi connectivity index (χ0v) is 11.9. The first-order valence-corrected chi connectivity index (χ1v) is 6.86. The van der Waals surface area contributed by atoms with Crippen LogP contribution in [0.25, 0.3) is 0 Å². The quantitative estimate of drug-likeness (QED) is 0.368. The van der Waals surface area contributed by atoms with E-state index in [9.17, 15) is 4.79 Å². The Morgan fingerprint density at radius 1 is 1.39 bits per heavy atom. The lowest BCUT2D eigenvalue weighted by Crippen LogP contribution is -2.20. The van der Waals surface area contributed by atoms with Crippen molar-refractivity contribution in [2.24, 2.45) is 11.7 Å². The van der Waals surface area contributed by atoms with Gasteiger partial charge in [0.2, 0.25) is 5.91 Å². The van der Waals surface area contributed by atoms with E-state index in [-0.39, 0.29) is 11.8 Å². The summed E-state index contributed by atoms with van der Waals surface area (Å²) in [5.41, 5.74) is 5.22.